The maximum atomic E-state index is 4.21. The molecule has 0 amide bonds. The number of fused-ring (bicyclic) bond motifs is 1. The van der Waals surface area contributed by atoms with Crippen LogP contribution in [0.4, 0.5) is 0 Å². The molecule has 2 fully saturated rings. The Labute approximate surface area is 155 Å². The van der Waals surface area contributed by atoms with Crippen LogP contribution in [0, 0.1) is 12.8 Å². The van der Waals surface area contributed by atoms with Gasteiger partial charge in [-0.1, -0.05) is 42.0 Å². The van der Waals surface area contributed by atoms with Crippen LogP contribution in [0.2, 0.25) is 0 Å². The van der Waals surface area contributed by atoms with Crippen molar-refractivity contribution in [3.8, 4) is 0 Å². The van der Waals surface area contributed by atoms with Crippen molar-refractivity contribution >= 4 is 10.8 Å². The van der Waals surface area contributed by atoms with Gasteiger partial charge in [0.2, 0.25) is 0 Å². The molecule has 1 aromatic heterocycles. The Morgan fingerprint density at radius 1 is 1.08 bits per heavy atom. The monoisotopic (exact) mass is 343 g/mol. The zero-order valence-corrected chi connectivity index (χ0v) is 15.2. The number of hydrogen-bond donors (Lipinski definition) is 1. The number of benzene rings is 2. The van der Waals surface area contributed by atoms with Crippen LogP contribution in [0.25, 0.3) is 10.8 Å². The van der Waals surface area contributed by atoms with E-state index in [2.05, 4.69) is 70.7 Å². The first kappa shape index (κ1) is 16.0. The van der Waals surface area contributed by atoms with Crippen molar-refractivity contribution in [3.05, 3.63) is 77.6 Å². The summed E-state index contributed by atoms with van der Waals surface area (Å²) in [5.41, 5.74) is 4.19. The molecule has 0 saturated carbocycles. The molecule has 2 saturated heterocycles. The molecule has 3 heterocycles. The van der Waals surface area contributed by atoms with E-state index < -0.39 is 0 Å². The van der Waals surface area contributed by atoms with Gasteiger partial charge in [-0.15, -0.1) is 0 Å². The molecular weight excluding hydrogens is 318 g/mol. The van der Waals surface area contributed by atoms with Crippen LogP contribution in [0.3, 0.4) is 0 Å². The average molecular weight is 343 g/mol. The zero-order valence-electron chi connectivity index (χ0n) is 15.2. The number of aryl methyl sites for hydroxylation is 1. The maximum Gasteiger partial charge on any atom is 0.0482 e. The van der Waals surface area contributed by atoms with Gasteiger partial charge in [0.15, 0.2) is 0 Å². The van der Waals surface area contributed by atoms with Crippen molar-refractivity contribution in [2.45, 2.75) is 32.0 Å². The second-order valence-corrected chi connectivity index (χ2v) is 7.92. The highest BCUT2D eigenvalue weighted by atomic mass is 15.2. The molecule has 2 aliphatic rings. The number of pyridine rings is 1. The third-order valence-electron chi connectivity index (χ3n) is 5.99. The molecule has 2 unspecified atom stereocenters. The number of nitrogens with zero attached hydrogens (tertiary/aromatic N) is 2. The zero-order chi connectivity index (χ0) is 17.5. The smallest absolute Gasteiger partial charge is 0.0482 e. The highest BCUT2D eigenvalue weighted by Crippen LogP contribution is 2.39. The minimum atomic E-state index is 0.525. The number of aromatic nitrogens is 1. The summed E-state index contributed by atoms with van der Waals surface area (Å²) in [6, 6.07) is 19.0. The lowest BCUT2D eigenvalue weighted by Gasteiger charge is -2.16. The lowest BCUT2D eigenvalue weighted by molar-refractivity contribution is 0.315. The van der Waals surface area contributed by atoms with Crippen molar-refractivity contribution in [1.29, 1.82) is 0 Å². The molecule has 0 bridgehead atoms. The number of nitrogens with one attached hydrogen (secondary N) is 1. The van der Waals surface area contributed by atoms with E-state index in [0.29, 0.717) is 12.1 Å². The van der Waals surface area contributed by atoms with E-state index in [9.17, 15) is 0 Å². The summed E-state index contributed by atoms with van der Waals surface area (Å²) in [5, 5.41) is 6.25. The fourth-order valence-electron chi connectivity index (χ4n) is 4.41. The molecule has 3 heteroatoms. The SMILES string of the molecule is Cc1ccc(CN2CC[C@@H](C3NC3c3ccc4cnccc4c3)C2)cc1. The fourth-order valence-corrected chi connectivity index (χ4v) is 4.41. The van der Waals surface area contributed by atoms with Gasteiger partial charge in [-0.25, -0.2) is 0 Å². The summed E-state index contributed by atoms with van der Waals surface area (Å²) < 4.78 is 0. The van der Waals surface area contributed by atoms with Gasteiger partial charge < -0.3 is 5.32 Å². The third-order valence-corrected chi connectivity index (χ3v) is 5.99. The van der Waals surface area contributed by atoms with E-state index in [1.807, 2.05) is 12.4 Å². The molecule has 0 spiro atoms. The van der Waals surface area contributed by atoms with Crippen molar-refractivity contribution < 1.29 is 0 Å². The van der Waals surface area contributed by atoms with E-state index in [0.717, 1.165) is 12.5 Å². The van der Waals surface area contributed by atoms with Gasteiger partial charge in [0.25, 0.3) is 0 Å². The molecule has 3 atom stereocenters. The summed E-state index contributed by atoms with van der Waals surface area (Å²) in [6.45, 7) is 5.65. The Bertz CT molecular complexity index is 918. The predicted molar refractivity (Wildman–Crippen MR) is 106 cm³/mol. The third kappa shape index (κ3) is 3.13. The molecule has 2 aliphatic heterocycles. The van der Waals surface area contributed by atoms with Gasteiger partial charge in [0.1, 0.15) is 0 Å². The molecule has 2 aromatic carbocycles. The summed E-state index contributed by atoms with van der Waals surface area (Å²) in [4.78, 5) is 6.82. The lowest BCUT2D eigenvalue weighted by atomic mass is 9.97. The average Bonchev–Trinajstić information content (AvgIpc) is 3.35. The molecular formula is C23H25N3. The summed E-state index contributed by atoms with van der Waals surface area (Å²) >= 11 is 0. The minimum absolute atomic E-state index is 0.525. The highest BCUT2D eigenvalue weighted by molar-refractivity contribution is 5.82. The van der Waals surface area contributed by atoms with Gasteiger partial charge in [-0.3, -0.25) is 9.88 Å². The number of likely N-dealkylation sites (tertiary alicyclic amines) is 1. The van der Waals surface area contributed by atoms with Crippen molar-refractivity contribution in [2.24, 2.45) is 5.92 Å². The second kappa shape index (κ2) is 6.49. The molecule has 3 aromatic rings. The molecule has 132 valence electrons. The van der Waals surface area contributed by atoms with Crippen LogP contribution in [0.15, 0.2) is 60.9 Å². The number of hydrogen-bond acceptors (Lipinski definition) is 3. The Morgan fingerprint density at radius 3 is 2.85 bits per heavy atom. The van der Waals surface area contributed by atoms with Gasteiger partial charge in [-0.2, -0.15) is 0 Å². The van der Waals surface area contributed by atoms with Crippen molar-refractivity contribution in [1.82, 2.24) is 15.2 Å². The maximum absolute atomic E-state index is 4.21. The van der Waals surface area contributed by atoms with Crippen molar-refractivity contribution in [2.75, 3.05) is 13.1 Å². The van der Waals surface area contributed by atoms with E-state index in [4.69, 9.17) is 0 Å². The van der Waals surface area contributed by atoms with Gasteiger partial charge >= 0.3 is 0 Å². The topological polar surface area (TPSA) is 38.1 Å². The lowest BCUT2D eigenvalue weighted by Crippen LogP contribution is -2.22. The molecule has 1 N–H and O–H groups in total. The largest absolute Gasteiger partial charge is 0.304 e. The van der Waals surface area contributed by atoms with Crippen LogP contribution >= 0.6 is 0 Å². The van der Waals surface area contributed by atoms with Crippen LogP contribution in [0.5, 0.6) is 0 Å². The highest BCUT2D eigenvalue weighted by Gasteiger charge is 2.45. The summed E-state index contributed by atoms with van der Waals surface area (Å²) in [6.07, 6.45) is 5.12. The molecule has 5 rings (SSSR count). The Kier molecular flexibility index (Phi) is 3.99. The Hall–Kier alpha value is -2.23. The van der Waals surface area contributed by atoms with Crippen LogP contribution < -0.4 is 5.32 Å². The van der Waals surface area contributed by atoms with Gasteiger partial charge in [0, 0.05) is 43.0 Å². The van der Waals surface area contributed by atoms with Crippen molar-refractivity contribution in [3.63, 3.8) is 0 Å². The van der Waals surface area contributed by atoms with Crippen LogP contribution in [-0.4, -0.2) is 29.0 Å². The normalized spacial score (nSPS) is 25.7. The second-order valence-electron chi connectivity index (χ2n) is 7.92. The number of rotatable bonds is 4. The molecule has 3 nitrogen and oxygen atoms in total. The van der Waals surface area contributed by atoms with E-state index in [1.165, 1.54) is 47.0 Å². The Morgan fingerprint density at radius 2 is 1.96 bits per heavy atom. The standard InChI is InChI=1S/C23H25N3/c1-16-2-4-17(5-3-16)14-26-11-9-21(15-26)23-22(25-23)19-6-7-20-13-24-10-8-18(20)12-19/h2-8,10,12-13,21-23,25H,9,11,14-15H2,1H3/t21-,22?,23?/m1/s1. The minimum Gasteiger partial charge on any atom is -0.304 e. The first-order valence-corrected chi connectivity index (χ1v) is 9.64. The predicted octanol–water partition coefficient (Wildman–Crippen LogP) is 4.08. The van der Waals surface area contributed by atoms with Crippen LogP contribution in [0.1, 0.15) is 29.2 Å². The Balaban J connectivity index is 1.22. The van der Waals surface area contributed by atoms with E-state index in [1.54, 1.807) is 0 Å². The van der Waals surface area contributed by atoms with Gasteiger partial charge in [0.05, 0.1) is 0 Å². The van der Waals surface area contributed by atoms with E-state index in [-0.39, 0.29) is 0 Å². The molecule has 26 heavy (non-hydrogen) atoms. The fraction of sp³-hybridized carbons (Fsp3) is 0.348. The molecule has 0 aliphatic carbocycles. The molecule has 0 radical (unpaired) electrons. The first-order valence-electron chi connectivity index (χ1n) is 9.64. The first-order chi connectivity index (χ1) is 12.8. The summed E-state index contributed by atoms with van der Waals surface area (Å²) in [7, 11) is 0. The van der Waals surface area contributed by atoms with Gasteiger partial charge in [-0.05, 0) is 54.5 Å². The quantitative estimate of drug-likeness (QED) is 0.726. The summed E-state index contributed by atoms with van der Waals surface area (Å²) in [5.74, 6) is 0.763. The van der Waals surface area contributed by atoms with E-state index >= 15 is 0 Å². The van der Waals surface area contributed by atoms with Crippen LogP contribution in [-0.2, 0) is 6.54 Å².